The number of carbonyl (C=O) groups is 2. The lowest BCUT2D eigenvalue weighted by Crippen LogP contribution is -2.10. The van der Waals surface area contributed by atoms with Gasteiger partial charge in [-0.3, -0.25) is 0 Å². The number of rotatable bonds is 8. The molecule has 3 aromatic carbocycles. The van der Waals surface area contributed by atoms with Crippen LogP contribution in [0.4, 0.5) is 0 Å². The number of ether oxygens (including phenoxy) is 3. The quantitative estimate of drug-likeness (QED) is 0.386. The molecule has 3 rings (SSSR count). The van der Waals surface area contributed by atoms with Crippen LogP contribution in [0.5, 0.6) is 11.5 Å². The summed E-state index contributed by atoms with van der Waals surface area (Å²) in [5.41, 5.74) is 1.92. The maximum atomic E-state index is 12.3. The molecule has 0 saturated carbocycles. The molecule has 3 aromatic rings. The molecule has 0 spiro atoms. The van der Waals surface area contributed by atoms with E-state index in [-0.39, 0.29) is 6.10 Å². The summed E-state index contributed by atoms with van der Waals surface area (Å²) in [6.07, 6.45) is 0.717. The number of benzene rings is 3. The van der Waals surface area contributed by atoms with E-state index in [1.807, 2.05) is 44.2 Å². The largest absolute Gasteiger partial charge is 0.491 e. The maximum absolute atomic E-state index is 12.3. The lowest BCUT2D eigenvalue weighted by atomic mass is 10.2. The average molecular weight is 404 g/mol. The molecule has 5 heteroatoms. The van der Waals surface area contributed by atoms with E-state index in [1.54, 1.807) is 48.5 Å². The predicted octanol–water partition coefficient (Wildman–Crippen LogP) is 5.09. The van der Waals surface area contributed by atoms with Crippen LogP contribution in [0.1, 0.15) is 40.1 Å². The van der Waals surface area contributed by atoms with Crippen LogP contribution in [0.15, 0.2) is 78.9 Å². The molecule has 0 unspecified atom stereocenters. The Kier molecular flexibility index (Phi) is 7.22. The molecule has 0 aliphatic carbocycles. The zero-order valence-electron chi connectivity index (χ0n) is 17.0. The van der Waals surface area contributed by atoms with Crippen molar-refractivity contribution in [2.45, 2.75) is 26.4 Å². The van der Waals surface area contributed by atoms with E-state index in [4.69, 9.17) is 14.2 Å². The highest BCUT2D eigenvalue weighted by atomic mass is 16.5. The van der Waals surface area contributed by atoms with Gasteiger partial charge in [-0.1, -0.05) is 30.3 Å². The Hall–Kier alpha value is -3.60. The number of hydrogen-bond donors (Lipinski definition) is 0. The van der Waals surface area contributed by atoms with Gasteiger partial charge in [-0.25, -0.2) is 9.59 Å². The van der Waals surface area contributed by atoms with Crippen molar-refractivity contribution in [1.82, 2.24) is 0 Å². The molecule has 5 nitrogen and oxygen atoms in total. The van der Waals surface area contributed by atoms with E-state index in [2.05, 4.69) is 0 Å². The third kappa shape index (κ3) is 6.21. The minimum absolute atomic E-state index is 0.0614. The molecule has 0 fully saturated rings. The second-order valence-electron chi connectivity index (χ2n) is 6.98. The zero-order valence-corrected chi connectivity index (χ0v) is 17.0. The van der Waals surface area contributed by atoms with Crippen LogP contribution >= 0.6 is 0 Å². The molecule has 0 bridgehead atoms. The second kappa shape index (κ2) is 10.3. The van der Waals surface area contributed by atoms with Crippen molar-refractivity contribution in [2.24, 2.45) is 0 Å². The third-order valence-corrected chi connectivity index (χ3v) is 4.23. The van der Waals surface area contributed by atoms with Crippen molar-refractivity contribution in [3.05, 3.63) is 95.6 Å². The summed E-state index contributed by atoms with van der Waals surface area (Å²) in [6.45, 7) is 4.17. The van der Waals surface area contributed by atoms with Gasteiger partial charge >= 0.3 is 11.9 Å². The molecular formula is C25H24O5. The average Bonchev–Trinajstić information content (AvgIpc) is 2.75. The molecule has 0 radical (unpaired) electrons. The molecule has 0 heterocycles. The van der Waals surface area contributed by atoms with E-state index in [9.17, 15) is 9.59 Å². The Morgan fingerprint density at radius 1 is 0.733 bits per heavy atom. The smallest absolute Gasteiger partial charge is 0.343 e. The molecule has 0 N–H and O–H groups in total. The van der Waals surface area contributed by atoms with Gasteiger partial charge in [0.15, 0.2) is 0 Å². The summed E-state index contributed by atoms with van der Waals surface area (Å²) in [6, 6.07) is 22.9. The summed E-state index contributed by atoms with van der Waals surface area (Å²) in [4.78, 5) is 24.4. The standard InChI is InChI=1S/C25H24O5/c1-18(2)29-22-12-10-21(11-13-22)25(27)30-23-14-8-20(9-15-23)24(26)28-17-16-19-6-4-3-5-7-19/h3-15,18H,16-17H2,1-2H3. The van der Waals surface area contributed by atoms with Gasteiger partial charge in [-0.05, 0) is 67.9 Å². The first-order valence-corrected chi connectivity index (χ1v) is 9.81. The zero-order chi connectivity index (χ0) is 21.3. The van der Waals surface area contributed by atoms with Gasteiger partial charge in [0, 0.05) is 6.42 Å². The van der Waals surface area contributed by atoms with Gasteiger partial charge in [-0.2, -0.15) is 0 Å². The Bertz CT molecular complexity index is 961. The Labute approximate surface area is 176 Å². The van der Waals surface area contributed by atoms with Crippen LogP contribution < -0.4 is 9.47 Å². The fourth-order valence-corrected chi connectivity index (χ4v) is 2.76. The highest BCUT2D eigenvalue weighted by Crippen LogP contribution is 2.18. The minimum atomic E-state index is -0.482. The van der Waals surface area contributed by atoms with Crippen LogP contribution in [-0.4, -0.2) is 24.6 Å². The van der Waals surface area contributed by atoms with E-state index in [0.29, 0.717) is 35.7 Å². The minimum Gasteiger partial charge on any atom is -0.491 e. The number of carbonyl (C=O) groups excluding carboxylic acids is 2. The monoisotopic (exact) mass is 404 g/mol. The van der Waals surface area contributed by atoms with Crippen LogP contribution in [0, 0.1) is 0 Å². The molecule has 0 aliphatic heterocycles. The lowest BCUT2D eigenvalue weighted by molar-refractivity contribution is 0.0509. The topological polar surface area (TPSA) is 61.8 Å². The first-order valence-electron chi connectivity index (χ1n) is 9.81. The summed E-state index contributed by atoms with van der Waals surface area (Å²) < 4.78 is 16.2. The first kappa shape index (κ1) is 21.1. The van der Waals surface area contributed by atoms with Crippen molar-refractivity contribution < 1.29 is 23.8 Å². The third-order valence-electron chi connectivity index (χ3n) is 4.23. The van der Waals surface area contributed by atoms with Crippen LogP contribution in [0.3, 0.4) is 0 Å². The predicted molar refractivity (Wildman–Crippen MR) is 114 cm³/mol. The fourth-order valence-electron chi connectivity index (χ4n) is 2.76. The summed E-state index contributed by atoms with van der Waals surface area (Å²) in [5, 5.41) is 0. The van der Waals surface area contributed by atoms with Crippen LogP contribution in [-0.2, 0) is 11.2 Å². The van der Waals surface area contributed by atoms with Gasteiger partial charge in [0.05, 0.1) is 23.8 Å². The van der Waals surface area contributed by atoms with Gasteiger partial charge in [0.1, 0.15) is 11.5 Å². The highest BCUT2D eigenvalue weighted by molar-refractivity contribution is 5.92. The first-order chi connectivity index (χ1) is 14.5. The fraction of sp³-hybridized carbons (Fsp3) is 0.200. The lowest BCUT2D eigenvalue weighted by Gasteiger charge is -2.10. The van der Waals surface area contributed by atoms with E-state index >= 15 is 0 Å². The molecule has 0 atom stereocenters. The van der Waals surface area contributed by atoms with Gasteiger partial charge in [-0.15, -0.1) is 0 Å². The molecular weight excluding hydrogens is 380 g/mol. The Balaban J connectivity index is 1.51. The Morgan fingerprint density at radius 2 is 1.30 bits per heavy atom. The van der Waals surface area contributed by atoms with Crippen molar-refractivity contribution in [1.29, 1.82) is 0 Å². The molecule has 0 aliphatic rings. The van der Waals surface area contributed by atoms with Crippen molar-refractivity contribution in [3.63, 3.8) is 0 Å². The number of hydrogen-bond acceptors (Lipinski definition) is 5. The molecule has 154 valence electrons. The van der Waals surface area contributed by atoms with E-state index < -0.39 is 11.9 Å². The van der Waals surface area contributed by atoms with Crippen LogP contribution in [0.25, 0.3) is 0 Å². The van der Waals surface area contributed by atoms with Crippen LogP contribution in [0.2, 0.25) is 0 Å². The number of esters is 2. The molecule has 0 amide bonds. The second-order valence-corrected chi connectivity index (χ2v) is 6.98. The van der Waals surface area contributed by atoms with E-state index in [1.165, 1.54) is 0 Å². The summed E-state index contributed by atoms with van der Waals surface area (Å²) >= 11 is 0. The summed E-state index contributed by atoms with van der Waals surface area (Å²) in [5.74, 6) is 0.147. The highest BCUT2D eigenvalue weighted by Gasteiger charge is 2.11. The maximum Gasteiger partial charge on any atom is 0.343 e. The Morgan fingerprint density at radius 3 is 1.90 bits per heavy atom. The van der Waals surface area contributed by atoms with Crippen molar-refractivity contribution in [2.75, 3.05) is 6.61 Å². The molecule has 0 saturated heterocycles. The van der Waals surface area contributed by atoms with Crippen molar-refractivity contribution in [3.8, 4) is 11.5 Å². The SMILES string of the molecule is CC(C)Oc1ccc(C(=O)Oc2ccc(C(=O)OCCc3ccccc3)cc2)cc1. The summed E-state index contributed by atoms with van der Waals surface area (Å²) in [7, 11) is 0. The van der Waals surface area contributed by atoms with Gasteiger partial charge in [0.2, 0.25) is 0 Å². The molecule has 30 heavy (non-hydrogen) atoms. The van der Waals surface area contributed by atoms with Gasteiger partial charge < -0.3 is 14.2 Å². The molecule has 0 aromatic heterocycles. The normalized spacial score (nSPS) is 10.5. The van der Waals surface area contributed by atoms with Gasteiger partial charge in [0.25, 0.3) is 0 Å². The van der Waals surface area contributed by atoms with E-state index in [0.717, 1.165) is 5.56 Å². The van der Waals surface area contributed by atoms with Crippen molar-refractivity contribution >= 4 is 11.9 Å².